The van der Waals surface area contributed by atoms with Crippen LogP contribution in [0.4, 0.5) is 11.6 Å². The molecule has 1 aromatic heterocycles. The van der Waals surface area contributed by atoms with Crippen LogP contribution in [0, 0.1) is 6.92 Å². The van der Waals surface area contributed by atoms with Gasteiger partial charge in [-0.3, -0.25) is 4.79 Å². The van der Waals surface area contributed by atoms with Crippen molar-refractivity contribution in [3.05, 3.63) is 11.4 Å². The lowest BCUT2D eigenvalue weighted by Crippen LogP contribution is -2.43. The van der Waals surface area contributed by atoms with Gasteiger partial charge in [0.1, 0.15) is 17.5 Å². The van der Waals surface area contributed by atoms with Gasteiger partial charge in [0, 0.05) is 38.0 Å². The Hall–Kier alpha value is -1.89. The molecule has 2 heterocycles. The maximum Gasteiger partial charge on any atom is 0.222 e. The van der Waals surface area contributed by atoms with Crippen molar-refractivity contribution in [1.29, 1.82) is 0 Å². The zero-order valence-electron chi connectivity index (χ0n) is 12.9. The number of nitrogens with zero attached hydrogens (tertiary/aromatic N) is 3. The number of nitrogens with one attached hydrogen (secondary N) is 2. The van der Waals surface area contributed by atoms with E-state index >= 15 is 0 Å². The average Bonchev–Trinajstić information content (AvgIpc) is 2.46. The fourth-order valence-electron chi connectivity index (χ4n) is 2.50. The van der Waals surface area contributed by atoms with Crippen molar-refractivity contribution >= 4 is 17.5 Å². The SMILES string of the molecule is CCCc1nc(NN)c(C)c(NC2CCC(=O)N(C)C2)n1. The molecule has 0 spiro atoms. The van der Waals surface area contributed by atoms with Crippen LogP contribution in [-0.4, -0.2) is 40.4 Å². The summed E-state index contributed by atoms with van der Waals surface area (Å²) in [6.07, 6.45) is 3.18. The van der Waals surface area contributed by atoms with Crippen LogP contribution in [0.2, 0.25) is 0 Å². The molecule has 4 N–H and O–H groups in total. The summed E-state index contributed by atoms with van der Waals surface area (Å²) in [6.45, 7) is 4.72. The van der Waals surface area contributed by atoms with Gasteiger partial charge in [0.2, 0.25) is 5.91 Å². The maximum absolute atomic E-state index is 11.5. The fraction of sp³-hybridized carbons (Fsp3) is 0.643. The topological polar surface area (TPSA) is 96.2 Å². The number of hydrogen-bond donors (Lipinski definition) is 3. The van der Waals surface area contributed by atoms with Gasteiger partial charge < -0.3 is 15.6 Å². The molecule has 1 saturated heterocycles. The molecule has 1 amide bonds. The van der Waals surface area contributed by atoms with Crippen molar-refractivity contribution in [3.8, 4) is 0 Å². The Kier molecular flexibility index (Phi) is 4.95. The summed E-state index contributed by atoms with van der Waals surface area (Å²) in [5.41, 5.74) is 3.53. The summed E-state index contributed by atoms with van der Waals surface area (Å²) in [5.74, 6) is 7.96. The molecule has 116 valence electrons. The first-order valence-electron chi connectivity index (χ1n) is 7.39. The summed E-state index contributed by atoms with van der Waals surface area (Å²) in [6, 6.07) is 0.210. The standard InChI is InChI=1S/C14H24N6O/c1-4-5-11-17-13(9(2)14(18-11)19-15)16-10-6-7-12(21)20(3)8-10/h10H,4-8,15H2,1-3H3,(H2,16,17,18,19). The summed E-state index contributed by atoms with van der Waals surface area (Å²) >= 11 is 0. The number of aryl methyl sites for hydroxylation is 1. The predicted octanol–water partition coefficient (Wildman–Crippen LogP) is 1.06. The molecule has 7 heteroatoms. The number of anilines is 2. The highest BCUT2D eigenvalue weighted by atomic mass is 16.2. The van der Waals surface area contributed by atoms with Crippen molar-refractivity contribution in [2.45, 2.75) is 45.6 Å². The highest BCUT2D eigenvalue weighted by Gasteiger charge is 2.24. The third-order valence-corrected chi connectivity index (χ3v) is 3.77. The van der Waals surface area contributed by atoms with Crippen LogP contribution in [0.15, 0.2) is 0 Å². The molecule has 21 heavy (non-hydrogen) atoms. The summed E-state index contributed by atoms with van der Waals surface area (Å²) in [4.78, 5) is 22.3. The zero-order chi connectivity index (χ0) is 15.4. The Morgan fingerprint density at radius 3 is 2.71 bits per heavy atom. The molecule has 0 bridgehead atoms. The van der Waals surface area contributed by atoms with Crippen LogP contribution in [0.1, 0.15) is 37.6 Å². The number of aromatic nitrogens is 2. The van der Waals surface area contributed by atoms with Crippen LogP contribution in [0.5, 0.6) is 0 Å². The van der Waals surface area contributed by atoms with Gasteiger partial charge in [-0.05, 0) is 19.8 Å². The molecule has 1 aliphatic rings. The monoisotopic (exact) mass is 292 g/mol. The van der Waals surface area contributed by atoms with Gasteiger partial charge in [0.15, 0.2) is 0 Å². The lowest BCUT2D eigenvalue weighted by Gasteiger charge is -2.31. The van der Waals surface area contributed by atoms with E-state index in [4.69, 9.17) is 5.84 Å². The normalized spacial score (nSPS) is 18.8. The highest BCUT2D eigenvalue weighted by Crippen LogP contribution is 2.22. The number of likely N-dealkylation sites (N-methyl/N-ethyl adjacent to an activating group) is 1. The number of likely N-dealkylation sites (tertiary alicyclic amines) is 1. The average molecular weight is 292 g/mol. The lowest BCUT2D eigenvalue weighted by molar-refractivity contribution is -0.132. The maximum atomic E-state index is 11.5. The van der Waals surface area contributed by atoms with Crippen molar-refractivity contribution in [1.82, 2.24) is 14.9 Å². The molecule has 2 rings (SSSR count). The number of hydrazine groups is 1. The van der Waals surface area contributed by atoms with E-state index in [1.54, 1.807) is 4.90 Å². The molecule has 1 atom stereocenters. The minimum atomic E-state index is 0.198. The molecule has 0 saturated carbocycles. The Labute approximate surface area is 125 Å². The largest absolute Gasteiger partial charge is 0.365 e. The van der Waals surface area contributed by atoms with Gasteiger partial charge in [-0.2, -0.15) is 0 Å². The van der Waals surface area contributed by atoms with Crippen LogP contribution in [0.3, 0.4) is 0 Å². The van der Waals surface area contributed by atoms with E-state index in [2.05, 4.69) is 27.6 Å². The van der Waals surface area contributed by atoms with Crippen molar-refractivity contribution < 1.29 is 4.79 Å². The molecule has 0 radical (unpaired) electrons. The molecule has 0 aliphatic carbocycles. The molecule has 7 nitrogen and oxygen atoms in total. The van der Waals surface area contributed by atoms with Crippen LogP contribution in [-0.2, 0) is 11.2 Å². The van der Waals surface area contributed by atoms with Crippen LogP contribution in [0.25, 0.3) is 0 Å². The fourth-order valence-corrected chi connectivity index (χ4v) is 2.50. The van der Waals surface area contributed by atoms with E-state index in [1.165, 1.54) is 0 Å². The molecular weight excluding hydrogens is 268 g/mol. The second-order valence-corrected chi connectivity index (χ2v) is 5.51. The Morgan fingerprint density at radius 2 is 2.10 bits per heavy atom. The number of hydrogen-bond acceptors (Lipinski definition) is 6. The molecular formula is C14H24N6O. The van der Waals surface area contributed by atoms with Gasteiger partial charge in [-0.25, -0.2) is 15.8 Å². The second-order valence-electron chi connectivity index (χ2n) is 5.51. The van der Waals surface area contributed by atoms with Gasteiger partial charge >= 0.3 is 0 Å². The first-order valence-corrected chi connectivity index (χ1v) is 7.39. The van der Waals surface area contributed by atoms with Crippen LogP contribution >= 0.6 is 0 Å². The molecule has 1 fully saturated rings. The number of rotatable bonds is 5. The predicted molar refractivity (Wildman–Crippen MR) is 82.9 cm³/mol. The minimum absolute atomic E-state index is 0.198. The van der Waals surface area contributed by atoms with E-state index in [-0.39, 0.29) is 11.9 Å². The Bertz CT molecular complexity index is 518. The van der Waals surface area contributed by atoms with Crippen molar-refractivity contribution in [3.63, 3.8) is 0 Å². The molecule has 0 aromatic carbocycles. The van der Waals surface area contributed by atoms with Crippen LogP contribution < -0.4 is 16.6 Å². The quantitative estimate of drug-likeness (QED) is 0.554. The zero-order valence-corrected chi connectivity index (χ0v) is 12.9. The first kappa shape index (κ1) is 15.5. The number of nitrogen functional groups attached to an aromatic ring is 1. The van der Waals surface area contributed by atoms with E-state index in [0.717, 1.165) is 36.5 Å². The Balaban J connectivity index is 2.18. The first-order chi connectivity index (χ1) is 10.0. The van der Waals surface area contributed by atoms with E-state index < -0.39 is 0 Å². The van der Waals surface area contributed by atoms with E-state index in [1.807, 2.05) is 14.0 Å². The van der Waals surface area contributed by atoms with Gasteiger partial charge in [0.25, 0.3) is 0 Å². The number of amides is 1. The van der Waals surface area contributed by atoms with Gasteiger partial charge in [-0.15, -0.1) is 0 Å². The van der Waals surface area contributed by atoms with Crippen molar-refractivity contribution in [2.75, 3.05) is 24.3 Å². The number of carbonyl (C=O) groups excluding carboxylic acids is 1. The summed E-state index contributed by atoms with van der Waals surface area (Å²) < 4.78 is 0. The van der Waals surface area contributed by atoms with Gasteiger partial charge in [-0.1, -0.05) is 6.92 Å². The van der Waals surface area contributed by atoms with E-state index in [0.29, 0.717) is 18.8 Å². The highest BCUT2D eigenvalue weighted by molar-refractivity contribution is 5.77. The minimum Gasteiger partial charge on any atom is -0.365 e. The van der Waals surface area contributed by atoms with Gasteiger partial charge in [0.05, 0.1) is 0 Å². The molecule has 1 aliphatic heterocycles. The summed E-state index contributed by atoms with van der Waals surface area (Å²) in [5, 5.41) is 3.43. The Morgan fingerprint density at radius 1 is 1.38 bits per heavy atom. The number of carbonyl (C=O) groups is 1. The summed E-state index contributed by atoms with van der Waals surface area (Å²) in [7, 11) is 1.83. The lowest BCUT2D eigenvalue weighted by atomic mass is 10.1. The number of nitrogens with two attached hydrogens (primary N) is 1. The smallest absolute Gasteiger partial charge is 0.222 e. The third-order valence-electron chi connectivity index (χ3n) is 3.77. The van der Waals surface area contributed by atoms with E-state index in [9.17, 15) is 4.79 Å². The second kappa shape index (κ2) is 6.71. The third kappa shape index (κ3) is 3.60. The molecule has 1 aromatic rings. The van der Waals surface area contributed by atoms with Crippen molar-refractivity contribution in [2.24, 2.45) is 5.84 Å². The number of piperidine rings is 1. The molecule has 1 unspecified atom stereocenters.